The number of hydrogen-bond acceptors (Lipinski definition) is 0. The molecule has 34 heavy (non-hydrogen) atoms. The van der Waals surface area contributed by atoms with E-state index in [0.29, 0.717) is 0 Å². The number of hydrogen-bond donors (Lipinski definition) is 0. The maximum Gasteiger partial charge on any atom is 0.212 e. The summed E-state index contributed by atoms with van der Waals surface area (Å²) in [6.45, 7) is 2.28. The molecule has 1 heterocycles. The lowest BCUT2D eigenvalue weighted by Crippen LogP contribution is -2.66. The third kappa shape index (κ3) is 5.12. The zero-order valence-corrected chi connectivity index (χ0v) is 20.3. The summed E-state index contributed by atoms with van der Waals surface area (Å²) in [6, 6.07) is 45.7. The van der Waals surface area contributed by atoms with Gasteiger partial charge in [0, 0.05) is 17.5 Å². The Morgan fingerprint density at radius 1 is 0.559 bits per heavy atom. The van der Waals surface area contributed by atoms with Gasteiger partial charge in [-0.2, -0.15) is 22.7 Å². The number of nitrogens with zero attached hydrogens (tertiary/aromatic N) is 1. The van der Waals surface area contributed by atoms with Gasteiger partial charge < -0.3 is 0 Å². The molecule has 0 saturated carbocycles. The molecule has 4 aromatic carbocycles. The Balaban J connectivity index is 0.000000207. The fourth-order valence-corrected chi connectivity index (χ4v) is 5.24. The molecule has 0 aliphatic rings. The lowest BCUT2D eigenvalue weighted by Gasteiger charge is -2.43. The Hall–Kier alpha value is -3.65. The van der Waals surface area contributed by atoms with Gasteiger partial charge in [0.2, 0.25) is 5.52 Å². The monoisotopic (exact) mass is 443 g/mol. The van der Waals surface area contributed by atoms with Crippen LogP contribution >= 0.6 is 0 Å². The normalized spacial score (nSPS) is 11.0. The van der Waals surface area contributed by atoms with E-state index in [0.717, 1.165) is 0 Å². The summed E-state index contributed by atoms with van der Waals surface area (Å²) in [5.74, 6) is 0. The Morgan fingerprint density at radius 3 is 1.47 bits per heavy atom. The van der Waals surface area contributed by atoms with Crippen LogP contribution in [0, 0.1) is 0 Å². The maximum absolute atomic E-state index is 2.30. The summed E-state index contributed by atoms with van der Waals surface area (Å²) in [5.41, 5.74) is 5.60. The molecule has 0 amide bonds. The number of pyridine rings is 1. The highest BCUT2D eigenvalue weighted by Gasteiger charge is 2.28. The molecule has 170 valence electrons. The minimum atomic E-state index is -0.913. The molecule has 0 unspecified atom stereocenters. The largest absolute Gasteiger partial charge is 0.212 e. The molecule has 5 aromatic rings. The summed E-state index contributed by atoms with van der Waals surface area (Å²) in [7, 11) is 2.06. The van der Waals surface area contributed by atoms with E-state index in [1.165, 1.54) is 46.5 Å². The topological polar surface area (TPSA) is 3.88 Å². The molecule has 0 aliphatic carbocycles. The fraction of sp³-hybridized carbons (Fsp3) is 0.156. The Kier molecular flexibility index (Phi) is 7.93. The maximum atomic E-state index is 2.30. The molecule has 2 heteroatoms. The number of rotatable bonds is 6. The van der Waals surface area contributed by atoms with E-state index in [-0.39, 0.29) is 0 Å². The van der Waals surface area contributed by atoms with Gasteiger partial charge in [-0.1, -0.05) is 123 Å². The quantitative estimate of drug-likeness (QED) is 0.237. The van der Waals surface area contributed by atoms with E-state index in [9.17, 15) is 0 Å². The van der Waals surface area contributed by atoms with Gasteiger partial charge in [-0.05, 0) is 12.1 Å². The van der Waals surface area contributed by atoms with Gasteiger partial charge >= 0.3 is 0 Å². The van der Waals surface area contributed by atoms with Crippen LogP contribution in [0.25, 0.3) is 10.9 Å². The second-order valence-corrected chi connectivity index (χ2v) is 9.10. The van der Waals surface area contributed by atoms with Crippen molar-refractivity contribution in [3.05, 3.63) is 134 Å². The van der Waals surface area contributed by atoms with E-state index in [1.54, 1.807) is 0 Å². The molecule has 0 aliphatic heterocycles. The molecule has 5 rings (SSSR count). The van der Waals surface area contributed by atoms with Crippen molar-refractivity contribution >= 4 is 33.4 Å². The van der Waals surface area contributed by atoms with Crippen LogP contribution in [-0.4, -0.2) is 6.15 Å². The van der Waals surface area contributed by atoms with Crippen LogP contribution in [-0.2, 0) is 7.05 Å². The molecule has 0 bridgehead atoms. The number of aromatic nitrogens is 1. The molecule has 1 aromatic heterocycles. The van der Waals surface area contributed by atoms with Crippen molar-refractivity contribution in [1.29, 1.82) is 0 Å². The van der Waals surface area contributed by atoms with E-state index >= 15 is 0 Å². The van der Waals surface area contributed by atoms with E-state index in [1.807, 2.05) is 0 Å². The second-order valence-electron chi connectivity index (χ2n) is 9.10. The zero-order valence-electron chi connectivity index (χ0n) is 20.3. The lowest BCUT2D eigenvalue weighted by atomic mass is 9.14. The minimum Gasteiger partial charge on any atom is -0.201 e. The van der Waals surface area contributed by atoms with Crippen molar-refractivity contribution in [3.8, 4) is 0 Å². The van der Waals surface area contributed by atoms with Gasteiger partial charge in [0.25, 0.3) is 0 Å². The smallest absolute Gasteiger partial charge is 0.201 e. The van der Waals surface area contributed by atoms with Gasteiger partial charge in [-0.15, -0.1) is 0 Å². The molecule has 1 nitrogen and oxygen atoms in total. The Bertz CT molecular complexity index is 1180. The predicted molar refractivity (Wildman–Crippen MR) is 149 cm³/mol. The van der Waals surface area contributed by atoms with Crippen molar-refractivity contribution in [1.82, 2.24) is 0 Å². The standard InChI is InChI=1S/C22H24B.C10H10N/c1-2-3-19-23(20-13-7-4-8-14-20,21-15-9-5-10-16-21)22-17-11-6-12-18-22;1-11-8-4-6-9-5-2-3-7-10(9)11/h4-18H,2-3,19H2,1H3;2-8H,1H3/q-1;+1. The van der Waals surface area contributed by atoms with Crippen molar-refractivity contribution in [2.24, 2.45) is 7.05 Å². The molecule has 0 saturated heterocycles. The van der Waals surface area contributed by atoms with Gasteiger partial charge in [-0.25, -0.2) is 4.57 Å². The SMILES string of the molecule is CCCC[B-](c1ccccc1)(c1ccccc1)c1ccccc1.C[n+]1cccc2ccccc21. The molecular formula is C32H34BN. The van der Waals surface area contributed by atoms with E-state index < -0.39 is 6.15 Å². The molecule has 0 fully saturated rings. The van der Waals surface area contributed by atoms with E-state index in [4.69, 9.17) is 0 Å². The third-order valence-corrected chi connectivity index (χ3v) is 7.00. The summed E-state index contributed by atoms with van der Waals surface area (Å²) in [5, 5.41) is 1.29. The number of aryl methyl sites for hydroxylation is 1. The first-order valence-corrected chi connectivity index (χ1v) is 12.4. The van der Waals surface area contributed by atoms with Crippen LogP contribution in [0.2, 0.25) is 6.32 Å². The number of fused-ring (bicyclic) bond motifs is 1. The zero-order chi connectivity index (χ0) is 23.6. The summed E-state index contributed by atoms with van der Waals surface area (Å²) < 4.78 is 2.12. The molecule has 0 atom stereocenters. The van der Waals surface area contributed by atoms with Crippen molar-refractivity contribution in [2.75, 3.05) is 0 Å². The Labute approximate surface area is 204 Å². The van der Waals surface area contributed by atoms with Crippen LogP contribution in [0.1, 0.15) is 19.8 Å². The Morgan fingerprint density at radius 2 is 1.00 bits per heavy atom. The van der Waals surface area contributed by atoms with Crippen molar-refractivity contribution < 1.29 is 4.57 Å². The lowest BCUT2D eigenvalue weighted by molar-refractivity contribution is -0.644. The van der Waals surface area contributed by atoms with Gasteiger partial charge in [0.15, 0.2) is 6.20 Å². The average molecular weight is 443 g/mol. The van der Waals surface area contributed by atoms with Gasteiger partial charge in [0.1, 0.15) is 7.05 Å². The second kappa shape index (κ2) is 11.5. The van der Waals surface area contributed by atoms with Gasteiger partial charge in [0.05, 0.1) is 6.15 Å². The van der Waals surface area contributed by atoms with Gasteiger partial charge in [-0.3, -0.25) is 0 Å². The number of unbranched alkanes of at least 4 members (excludes halogenated alkanes) is 1. The highest BCUT2D eigenvalue weighted by Crippen LogP contribution is 2.16. The third-order valence-electron chi connectivity index (χ3n) is 7.00. The first-order valence-electron chi connectivity index (χ1n) is 12.4. The van der Waals surface area contributed by atoms with Crippen LogP contribution < -0.4 is 21.0 Å². The highest BCUT2D eigenvalue weighted by atomic mass is 14.9. The molecule has 0 N–H and O–H groups in total. The van der Waals surface area contributed by atoms with Crippen molar-refractivity contribution in [3.63, 3.8) is 0 Å². The number of para-hydroxylation sites is 1. The summed E-state index contributed by atoms with van der Waals surface area (Å²) in [6.07, 6.45) is 4.79. The van der Waals surface area contributed by atoms with Crippen LogP contribution in [0.4, 0.5) is 0 Å². The summed E-state index contributed by atoms with van der Waals surface area (Å²) >= 11 is 0. The number of benzene rings is 4. The molecular weight excluding hydrogens is 409 g/mol. The van der Waals surface area contributed by atoms with Crippen LogP contribution in [0.3, 0.4) is 0 Å². The summed E-state index contributed by atoms with van der Waals surface area (Å²) in [4.78, 5) is 0. The molecule has 0 spiro atoms. The first kappa shape index (κ1) is 23.5. The molecule has 0 radical (unpaired) electrons. The van der Waals surface area contributed by atoms with Crippen LogP contribution in [0.5, 0.6) is 0 Å². The average Bonchev–Trinajstić information content (AvgIpc) is 2.92. The minimum absolute atomic E-state index is 0.913. The van der Waals surface area contributed by atoms with E-state index in [2.05, 4.69) is 152 Å². The predicted octanol–water partition coefficient (Wildman–Crippen LogP) is 5.62. The van der Waals surface area contributed by atoms with Crippen LogP contribution in [0.15, 0.2) is 134 Å². The fourth-order valence-electron chi connectivity index (χ4n) is 5.24. The highest BCUT2D eigenvalue weighted by molar-refractivity contribution is 7.11. The van der Waals surface area contributed by atoms with Crippen molar-refractivity contribution in [2.45, 2.75) is 26.1 Å². The first-order chi connectivity index (χ1) is 16.8.